The first kappa shape index (κ1) is 78.4. The first-order valence-corrected chi connectivity index (χ1v) is 36.1. The molecule has 0 aliphatic rings. The highest BCUT2D eigenvalue weighted by Gasteiger charge is 2.19. The maximum Gasteiger partial charge on any atom is 0.306 e. The van der Waals surface area contributed by atoms with Crippen molar-refractivity contribution in [2.24, 2.45) is 0 Å². The Hall–Kier alpha value is -2.63. The summed E-state index contributed by atoms with van der Waals surface area (Å²) in [6, 6.07) is 0. The van der Waals surface area contributed by atoms with Crippen LogP contribution in [0.2, 0.25) is 0 Å². The second kappa shape index (κ2) is 69.9. The van der Waals surface area contributed by atoms with Crippen molar-refractivity contribution in [3.63, 3.8) is 0 Å². The minimum Gasteiger partial charge on any atom is -0.462 e. The van der Waals surface area contributed by atoms with E-state index in [0.717, 1.165) is 77.0 Å². The highest BCUT2D eigenvalue weighted by molar-refractivity contribution is 5.71. The predicted molar refractivity (Wildman–Crippen MR) is 353 cm³/mol. The van der Waals surface area contributed by atoms with Crippen LogP contribution in [0.25, 0.3) is 0 Å². The van der Waals surface area contributed by atoms with Crippen LogP contribution in [0.5, 0.6) is 0 Å². The third-order valence-electron chi connectivity index (χ3n) is 16.3. The number of ether oxygens (including phenoxy) is 3. The monoisotopic (exact) mass is 1140 g/mol. The maximum atomic E-state index is 12.9. The first-order valence-electron chi connectivity index (χ1n) is 36.1. The molecule has 0 aliphatic heterocycles. The summed E-state index contributed by atoms with van der Waals surface area (Å²) in [6.07, 6.45) is 88.7. The van der Waals surface area contributed by atoms with Crippen molar-refractivity contribution in [2.75, 3.05) is 13.2 Å². The molecule has 0 spiro atoms. The van der Waals surface area contributed by atoms with Crippen LogP contribution < -0.4 is 0 Å². The van der Waals surface area contributed by atoms with Crippen LogP contribution in [0.1, 0.15) is 393 Å². The van der Waals surface area contributed by atoms with Gasteiger partial charge in [0.05, 0.1) is 0 Å². The smallest absolute Gasteiger partial charge is 0.306 e. The van der Waals surface area contributed by atoms with Gasteiger partial charge in [-0.3, -0.25) is 14.4 Å². The molecular formula is C75H138O6. The van der Waals surface area contributed by atoms with Gasteiger partial charge in [0.1, 0.15) is 13.2 Å². The van der Waals surface area contributed by atoms with E-state index in [4.69, 9.17) is 14.2 Å². The van der Waals surface area contributed by atoms with Gasteiger partial charge >= 0.3 is 17.9 Å². The fraction of sp³-hybridized carbons (Fsp3) is 0.853. The zero-order valence-corrected chi connectivity index (χ0v) is 54.6. The second-order valence-corrected chi connectivity index (χ2v) is 24.5. The summed E-state index contributed by atoms with van der Waals surface area (Å²) in [4.78, 5) is 38.4. The number of esters is 3. The molecule has 0 heterocycles. The van der Waals surface area contributed by atoms with Gasteiger partial charge in [0.2, 0.25) is 0 Å². The summed E-state index contributed by atoms with van der Waals surface area (Å²) in [6.45, 7) is 6.67. The van der Waals surface area contributed by atoms with Crippen molar-refractivity contribution in [1.82, 2.24) is 0 Å². The molecule has 0 N–H and O–H groups in total. The molecule has 0 aliphatic carbocycles. The fourth-order valence-corrected chi connectivity index (χ4v) is 10.9. The number of hydrogen-bond donors (Lipinski definition) is 0. The van der Waals surface area contributed by atoms with E-state index in [2.05, 4.69) is 69.4 Å². The molecule has 474 valence electrons. The maximum absolute atomic E-state index is 12.9. The van der Waals surface area contributed by atoms with Crippen molar-refractivity contribution in [3.05, 3.63) is 48.6 Å². The molecule has 0 fully saturated rings. The molecule has 0 aromatic heterocycles. The van der Waals surface area contributed by atoms with Crippen LogP contribution in [-0.4, -0.2) is 37.2 Å². The van der Waals surface area contributed by atoms with Gasteiger partial charge in [0, 0.05) is 19.3 Å². The van der Waals surface area contributed by atoms with Crippen molar-refractivity contribution < 1.29 is 28.6 Å². The Labute approximate surface area is 505 Å². The molecular weight excluding hydrogens is 997 g/mol. The van der Waals surface area contributed by atoms with E-state index in [1.807, 2.05) is 0 Å². The van der Waals surface area contributed by atoms with Crippen LogP contribution >= 0.6 is 0 Å². The van der Waals surface area contributed by atoms with E-state index in [1.54, 1.807) is 0 Å². The van der Waals surface area contributed by atoms with E-state index in [0.29, 0.717) is 19.3 Å². The van der Waals surface area contributed by atoms with Crippen molar-refractivity contribution in [2.45, 2.75) is 399 Å². The largest absolute Gasteiger partial charge is 0.462 e. The molecule has 81 heavy (non-hydrogen) atoms. The number of carbonyl (C=O) groups excluding carboxylic acids is 3. The number of carbonyl (C=O) groups is 3. The van der Waals surface area contributed by atoms with Crippen LogP contribution in [-0.2, 0) is 28.6 Å². The van der Waals surface area contributed by atoms with Crippen LogP contribution in [0.15, 0.2) is 48.6 Å². The van der Waals surface area contributed by atoms with Crippen molar-refractivity contribution in [1.29, 1.82) is 0 Å². The average Bonchev–Trinajstić information content (AvgIpc) is 3.46. The van der Waals surface area contributed by atoms with Gasteiger partial charge in [-0.05, 0) is 83.5 Å². The minimum absolute atomic E-state index is 0.0698. The average molecular weight is 1140 g/mol. The molecule has 6 nitrogen and oxygen atoms in total. The molecule has 0 bridgehead atoms. The van der Waals surface area contributed by atoms with Crippen LogP contribution in [0.3, 0.4) is 0 Å². The molecule has 1 unspecified atom stereocenters. The molecule has 0 saturated heterocycles. The predicted octanol–water partition coefficient (Wildman–Crippen LogP) is 24.9. The Bertz CT molecular complexity index is 1400. The van der Waals surface area contributed by atoms with E-state index < -0.39 is 6.10 Å². The molecule has 0 radical (unpaired) electrons. The second-order valence-electron chi connectivity index (χ2n) is 24.5. The quantitative estimate of drug-likeness (QED) is 0.0261. The van der Waals surface area contributed by atoms with Crippen LogP contribution in [0, 0.1) is 0 Å². The Kier molecular flexibility index (Phi) is 67.6. The normalized spacial score (nSPS) is 12.3. The van der Waals surface area contributed by atoms with E-state index >= 15 is 0 Å². The molecule has 0 amide bonds. The number of rotatable bonds is 67. The summed E-state index contributed by atoms with van der Waals surface area (Å²) < 4.78 is 17.0. The lowest BCUT2D eigenvalue weighted by Gasteiger charge is -2.18. The molecule has 0 aromatic rings. The third kappa shape index (κ3) is 68.0. The summed E-state index contributed by atoms with van der Waals surface area (Å²) in [5.74, 6) is -0.851. The van der Waals surface area contributed by atoms with Crippen molar-refractivity contribution in [3.8, 4) is 0 Å². The first-order chi connectivity index (χ1) is 40.0. The summed E-state index contributed by atoms with van der Waals surface area (Å²) >= 11 is 0. The lowest BCUT2D eigenvalue weighted by atomic mass is 10.0. The SMILES string of the molecule is CCCCCC/C=C\CCCCCCCC(=O)OCC(COC(=O)CCCCCCCCCCCCCCCCCCCC/C=C\C/C=C\C/C=C\CCCCCCC)OC(=O)CCCCCCCCCCCCCCCCCCC. The highest BCUT2D eigenvalue weighted by atomic mass is 16.6. The molecule has 1 atom stereocenters. The van der Waals surface area contributed by atoms with Gasteiger partial charge < -0.3 is 14.2 Å². The Morgan fingerprint density at radius 2 is 0.444 bits per heavy atom. The van der Waals surface area contributed by atoms with Gasteiger partial charge in [-0.15, -0.1) is 0 Å². The lowest BCUT2D eigenvalue weighted by Crippen LogP contribution is -2.30. The van der Waals surface area contributed by atoms with Crippen molar-refractivity contribution >= 4 is 17.9 Å². The van der Waals surface area contributed by atoms with Crippen LogP contribution in [0.4, 0.5) is 0 Å². The zero-order valence-electron chi connectivity index (χ0n) is 54.6. The summed E-state index contributed by atoms with van der Waals surface area (Å²) in [7, 11) is 0. The van der Waals surface area contributed by atoms with Gasteiger partial charge in [0.15, 0.2) is 6.10 Å². The Morgan fingerprint density at radius 3 is 0.716 bits per heavy atom. The van der Waals surface area contributed by atoms with Gasteiger partial charge in [-0.1, -0.05) is 339 Å². The minimum atomic E-state index is -0.773. The number of allylic oxidation sites excluding steroid dienone is 8. The van der Waals surface area contributed by atoms with E-state index in [9.17, 15) is 14.4 Å². The fourth-order valence-electron chi connectivity index (χ4n) is 10.9. The van der Waals surface area contributed by atoms with Gasteiger partial charge in [-0.2, -0.15) is 0 Å². The van der Waals surface area contributed by atoms with E-state index in [1.165, 1.54) is 276 Å². The Morgan fingerprint density at radius 1 is 0.247 bits per heavy atom. The number of unbranched alkanes of at least 4 members (excludes halogenated alkanes) is 48. The topological polar surface area (TPSA) is 78.9 Å². The molecule has 6 heteroatoms. The standard InChI is InChI=1S/C75H138O6/c1-4-7-10-13-16-19-22-25-27-29-30-31-32-33-34-35-36-37-38-39-40-41-42-43-44-46-47-50-53-56-59-62-65-68-74(77)80-71-72(70-79-73(76)67-64-61-58-55-52-49-24-21-18-15-12-9-6-3)81-75(78)69-66-63-60-57-54-51-48-45-28-26-23-20-17-14-11-8-5-2/h21-22,24-25,29-30,32-33,72H,4-20,23,26-28,31,34-71H2,1-3H3/b24-21-,25-22-,30-29-,33-32-. The lowest BCUT2D eigenvalue weighted by molar-refractivity contribution is -0.167. The molecule has 0 aromatic carbocycles. The molecule has 0 rings (SSSR count). The van der Waals surface area contributed by atoms with E-state index in [-0.39, 0.29) is 31.1 Å². The Balaban J connectivity index is 4.13. The van der Waals surface area contributed by atoms with Gasteiger partial charge in [0.25, 0.3) is 0 Å². The highest BCUT2D eigenvalue weighted by Crippen LogP contribution is 2.18. The summed E-state index contributed by atoms with van der Waals surface area (Å²) in [5, 5.41) is 0. The zero-order chi connectivity index (χ0) is 58.5. The summed E-state index contributed by atoms with van der Waals surface area (Å²) in [5.41, 5.74) is 0. The third-order valence-corrected chi connectivity index (χ3v) is 16.3. The number of hydrogen-bond acceptors (Lipinski definition) is 6. The molecule has 0 saturated carbocycles. The van der Waals surface area contributed by atoms with Gasteiger partial charge in [-0.25, -0.2) is 0 Å².